The molecule has 225 valence electrons. The van der Waals surface area contributed by atoms with Gasteiger partial charge in [-0.15, -0.1) is 12.4 Å². The average molecular weight is 783 g/mol. The molecule has 0 aromatic heterocycles. The van der Waals surface area contributed by atoms with Gasteiger partial charge in [-0.2, -0.15) is 0 Å². The summed E-state index contributed by atoms with van der Waals surface area (Å²) < 4.78 is 9.89. The molecule has 0 aromatic rings. The monoisotopic (exact) mass is 781 g/mol. The third kappa shape index (κ3) is 22.0. The van der Waals surface area contributed by atoms with E-state index in [2.05, 4.69) is 117 Å². The zero-order valence-corrected chi connectivity index (χ0v) is 37.6. The number of halogens is 2. The average Bonchev–Trinajstić information content (AvgIpc) is 3.57. The van der Waals surface area contributed by atoms with Crippen molar-refractivity contribution in [2.45, 2.75) is 104 Å². The third-order valence-electron chi connectivity index (χ3n) is 6.63. The van der Waals surface area contributed by atoms with Gasteiger partial charge in [-0.05, 0) is 86.4 Å². The van der Waals surface area contributed by atoms with E-state index in [0.717, 1.165) is 26.4 Å². The Bertz CT molecular complexity index is 493. The summed E-state index contributed by atoms with van der Waals surface area (Å²) in [6.07, 6.45) is 19.4. The first kappa shape index (κ1) is 50.2. The van der Waals surface area contributed by atoms with Crippen LogP contribution >= 0.6 is 12.4 Å². The minimum absolute atomic E-state index is 0. The summed E-state index contributed by atoms with van der Waals surface area (Å²) in [7, 11) is -4.28. The summed E-state index contributed by atoms with van der Waals surface area (Å²) in [4.78, 5) is 0. The van der Waals surface area contributed by atoms with Gasteiger partial charge in [-0.1, -0.05) is 78.6 Å². The number of ether oxygens (including phenoxy) is 2. The third-order valence-corrected chi connectivity index (χ3v) is 14.8. The fraction of sp³-hybridized carbons (Fsp3) is 0.667. The maximum Gasteiger partial charge on any atom is 1.00 e. The Morgan fingerprint density at radius 1 is 0.450 bits per heavy atom. The quantitative estimate of drug-likeness (QED) is 0.409. The second kappa shape index (κ2) is 23.6. The van der Waals surface area contributed by atoms with Crippen LogP contribution in [0.15, 0.2) is 0 Å². The molecule has 2 saturated heterocycles. The molecule has 0 aromatic carbocycles. The molecule has 11 radical (unpaired) electrons. The van der Waals surface area contributed by atoms with Crippen molar-refractivity contribution in [2.75, 3.05) is 26.4 Å². The van der Waals surface area contributed by atoms with Gasteiger partial charge in [-0.25, -0.2) is 0 Å². The van der Waals surface area contributed by atoms with Crippen molar-refractivity contribution in [1.29, 1.82) is 0 Å². The largest absolute Gasteiger partial charge is 1.00 e. The molecule has 0 atom stereocenters. The molecule has 2 aliphatic carbocycles. The van der Waals surface area contributed by atoms with Gasteiger partial charge in [0.15, 0.2) is 0 Å². The van der Waals surface area contributed by atoms with E-state index in [1.807, 2.05) is 0 Å². The van der Waals surface area contributed by atoms with Gasteiger partial charge in [0, 0.05) is 67.7 Å². The molecule has 10 heteroatoms. The van der Waals surface area contributed by atoms with Crippen molar-refractivity contribution in [2.24, 2.45) is 0 Å². The molecule has 2 heterocycles. The molecule has 4 fully saturated rings. The van der Waals surface area contributed by atoms with E-state index in [1.165, 1.54) is 25.7 Å². The first-order valence-electron chi connectivity index (χ1n) is 14.1. The molecule has 2 aliphatic heterocycles. The van der Waals surface area contributed by atoms with E-state index in [0.29, 0.717) is 0 Å². The first-order chi connectivity index (χ1) is 16.4. The maximum atomic E-state index is 4.94. The van der Waals surface area contributed by atoms with Crippen molar-refractivity contribution in [3.05, 3.63) is 60.7 Å². The normalized spacial score (nSPS) is 20.7. The van der Waals surface area contributed by atoms with Gasteiger partial charge >= 0.3 is 18.9 Å². The first-order valence-corrected chi connectivity index (χ1v) is 28.1. The minimum atomic E-state index is -1.07. The number of hydrogen-bond acceptors (Lipinski definition) is 2. The van der Waals surface area contributed by atoms with Gasteiger partial charge in [0.2, 0.25) is 0 Å². The zero-order chi connectivity index (χ0) is 27.6. The van der Waals surface area contributed by atoms with Gasteiger partial charge in [0.1, 0.15) is 0 Å². The van der Waals surface area contributed by atoms with Crippen LogP contribution in [-0.4, -0.2) is 58.7 Å². The van der Waals surface area contributed by atoms with E-state index in [-0.39, 0.29) is 85.0 Å². The van der Waals surface area contributed by atoms with Crippen molar-refractivity contribution in [3.63, 3.8) is 0 Å². The Kier molecular flexibility index (Phi) is 29.6. The van der Waals surface area contributed by atoms with E-state index in [9.17, 15) is 0 Å². The van der Waals surface area contributed by atoms with Gasteiger partial charge in [0.05, 0.1) is 32.3 Å². The summed E-state index contributed by atoms with van der Waals surface area (Å²) in [5, 5.41) is 0. The second-order valence-corrected chi connectivity index (χ2v) is 34.7. The molecular formula is C30H59Cl2LiO2PrSi4. The van der Waals surface area contributed by atoms with Crippen LogP contribution < -0.4 is 31.3 Å². The Morgan fingerprint density at radius 2 is 0.625 bits per heavy atom. The zero-order valence-electron chi connectivity index (χ0n) is 28.3. The van der Waals surface area contributed by atoms with Crippen LogP contribution in [0.1, 0.15) is 25.7 Å². The number of hydrogen-bond donors (Lipinski definition) is 0. The van der Waals surface area contributed by atoms with Crippen molar-refractivity contribution in [3.8, 4) is 0 Å². The second-order valence-electron chi connectivity index (χ2n) is 14.4. The summed E-state index contributed by atoms with van der Waals surface area (Å²) in [5.74, 6) is 0. The van der Waals surface area contributed by atoms with Crippen LogP contribution in [0.25, 0.3) is 0 Å². The molecule has 2 nitrogen and oxygen atoms in total. The molecule has 0 amide bonds. The van der Waals surface area contributed by atoms with E-state index in [4.69, 9.17) is 9.47 Å². The van der Waals surface area contributed by atoms with Crippen LogP contribution in [0, 0.1) is 102 Å². The molecule has 0 unspecified atom stereocenters. The Labute approximate surface area is 314 Å². The summed E-state index contributed by atoms with van der Waals surface area (Å²) in [6, 6.07) is 0. The Hall–Kier alpha value is 3.33. The standard InChI is InChI=1S/2C11H21Si2.2C4H8O.2ClH.Li.Pr/c2*1-12(2,3)10-7-8-11(9-10)13(4,5)6;2*1-2-4-5-3-1;;;;/h2*7-9H,1-6H3;2*1-4H2;2*1H;;/q;;;;;;+1;/p-1. The molecule has 4 aliphatic rings. The van der Waals surface area contributed by atoms with Gasteiger partial charge in [-0.3, -0.25) is 0 Å². The van der Waals surface area contributed by atoms with Crippen molar-refractivity contribution in [1.82, 2.24) is 0 Å². The predicted molar refractivity (Wildman–Crippen MR) is 180 cm³/mol. The maximum absolute atomic E-state index is 4.94. The topological polar surface area (TPSA) is 18.5 Å². The van der Waals surface area contributed by atoms with Crippen LogP contribution in [0.3, 0.4) is 0 Å². The molecule has 0 bridgehead atoms. The molecule has 2 saturated carbocycles. The molecular weight excluding hydrogens is 723 g/mol. The van der Waals surface area contributed by atoms with Crippen LogP contribution in [-0.2, 0) is 9.47 Å². The fourth-order valence-electron chi connectivity index (χ4n) is 3.77. The smallest absolute Gasteiger partial charge is 1.00 e. The van der Waals surface area contributed by atoms with E-state index in [1.54, 1.807) is 22.2 Å². The summed E-state index contributed by atoms with van der Waals surface area (Å²) in [6.45, 7) is 33.0. The summed E-state index contributed by atoms with van der Waals surface area (Å²) >= 11 is 0. The molecule has 40 heavy (non-hydrogen) atoms. The van der Waals surface area contributed by atoms with Gasteiger partial charge < -0.3 is 21.9 Å². The summed E-state index contributed by atoms with van der Waals surface area (Å²) in [5.41, 5.74) is 6.46. The predicted octanol–water partition coefficient (Wildman–Crippen LogP) is 3.06. The molecule has 0 spiro atoms. The van der Waals surface area contributed by atoms with Crippen LogP contribution in [0.5, 0.6) is 0 Å². The molecule has 4 rings (SSSR count). The minimum Gasteiger partial charge on any atom is -1.00 e. The SMILES string of the molecule is C1CCOC1.C1CCOC1.C[Si](C)(C)[C]1[CH][CH][C]([Si](C)(C)C)[CH]1.C[Si](C)(C)[C]1[CH][CH][C]([Si](C)(C)C)[CH]1.Cl.[Cl-].[Li+].[Pr]. The van der Waals surface area contributed by atoms with Crippen LogP contribution in [0.2, 0.25) is 78.6 Å². The van der Waals surface area contributed by atoms with Crippen molar-refractivity contribution < 1.29 is 82.0 Å². The Morgan fingerprint density at radius 3 is 0.700 bits per heavy atom. The van der Waals surface area contributed by atoms with Crippen molar-refractivity contribution >= 4 is 44.7 Å². The van der Waals surface area contributed by atoms with E-state index >= 15 is 0 Å². The van der Waals surface area contributed by atoms with Gasteiger partial charge in [0.25, 0.3) is 0 Å². The Balaban J connectivity index is -0.000000225. The number of rotatable bonds is 4. The van der Waals surface area contributed by atoms with Crippen LogP contribution in [0.4, 0.5) is 0 Å². The van der Waals surface area contributed by atoms with E-state index < -0.39 is 32.3 Å². The molecule has 0 N–H and O–H groups in total. The fourth-order valence-corrected chi connectivity index (χ4v) is 8.75.